The van der Waals surface area contributed by atoms with E-state index in [4.69, 9.17) is 30.5 Å². The van der Waals surface area contributed by atoms with E-state index >= 15 is 0 Å². The first-order chi connectivity index (χ1) is 15.0. The topological polar surface area (TPSA) is 100 Å². The molecule has 0 aromatic heterocycles. The number of hydrogen-bond donors (Lipinski definition) is 0. The van der Waals surface area contributed by atoms with Crippen LogP contribution in [0.15, 0.2) is 30.3 Å². The van der Waals surface area contributed by atoms with Gasteiger partial charge < -0.3 is 23.8 Å². The fourth-order valence-electron chi connectivity index (χ4n) is 3.48. The predicted octanol–water partition coefficient (Wildman–Crippen LogP) is 3.60. The lowest BCUT2D eigenvalue weighted by Gasteiger charge is -2.30. The Morgan fingerprint density at radius 3 is 2.68 bits per heavy atom. The van der Waals surface area contributed by atoms with Crippen molar-refractivity contribution < 1.29 is 28.7 Å². The summed E-state index contributed by atoms with van der Waals surface area (Å²) >= 11 is 6.30. The first-order valence-electron chi connectivity index (χ1n) is 9.89. The van der Waals surface area contributed by atoms with Gasteiger partial charge in [0.1, 0.15) is 6.61 Å². The molecular weight excluding hydrogens is 428 g/mol. The van der Waals surface area contributed by atoms with E-state index < -0.39 is 10.9 Å². The van der Waals surface area contributed by atoms with Crippen molar-refractivity contribution in [3.05, 3.63) is 56.6 Å². The second-order valence-corrected chi connectivity index (χ2v) is 7.50. The molecule has 4 rings (SSSR count). The molecule has 2 aliphatic heterocycles. The minimum Gasteiger partial charge on any atom is -0.489 e. The summed E-state index contributed by atoms with van der Waals surface area (Å²) < 4.78 is 22.1. The monoisotopic (exact) mass is 448 g/mol. The van der Waals surface area contributed by atoms with Gasteiger partial charge in [0.25, 0.3) is 5.69 Å². The van der Waals surface area contributed by atoms with Gasteiger partial charge in [0.05, 0.1) is 47.6 Å². The normalized spacial score (nSPS) is 15.8. The Bertz CT molecular complexity index is 992. The molecule has 0 saturated carbocycles. The number of halogens is 1. The molecule has 31 heavy (non-hydrogen) atoms. The Morgan fingerprint density at radius 1 is 1.13 bits per heavy atom. The lowest BCUT2D eigenvalue weighted by atomic mass is 10.1. The number of nitro groups is 1. The van der Waals surface area contributed by atoms with Gasteiger partial charge in [0.15, 0.2) is 11.5 Å². The van der Waals surface area contributed by atoms with Gasteiger partial charge in [-0.1, -0.05) is 11.6 Å². The Morgan fingerprint density at radius 2 is 1.90 bits per heavy atom. The number of esters is 1. The highest BCUT2D eigenvalue weighted by molar-refractivity contribution is 6.32. The lowest BCUT2D eigenvalue weighted by Crippen LogP contribution is -2.37. The van der Waals surface area contributed by atoms with E-state index in [1.165, 1.54) is 12.1 Å². The Hall–Kier alpha value is -3.04. The van der Waals surface area contributed by atoms with Gasteiger partial charge in [-0.3, -0.25) is 10.1 Å². The molecule has 0 N–H and O–H groups in total. The van der Waals surface area contributed by atoms with Crippen LogP contribution in [0.1, 0.15) is 22.3 Å². The van der Waals surface area contributed by atoms with Crippen molar-refractivity contribution in [1.29, 1.82) is 0 Å². The van der Waals surface area contributed by atoms with Crippen LogP contribution < -0.4 is 14.4 Å². The summed E-state index contributed by atoms with van der Waals surface area (Å²) in [5.41, 5.74) is 1.16. The maximum Gasteiger partial charge on any atom is 0.340 e. The van der Waals surface area contributed by atoms with E-state index in [9.17, 15) is 14.9 Å². The van der Waals surface area contributed by atoms with Crippen molar-refractivity contribution in [2.75, 3.05) is 44.4 Å². The summed E-state index contributed by atoms with van der Waals surface area (Å²) in [5.74, 6) is 0.316. The van der Waals surface area contributed by atoms with E-state index in [1.54, 1.807) is 18.2 Å². The molecule has 2 aromatic rings. The van der Waals surface area contributed by atoms with Crippen LogP contribution in [0.3, 0.4) is 0 Å². The Labute approximate surface area is 183 Å². The number of nitro benzene ring substituents is 1. The molecule has 10 heteroatoms. The van der Waals surface area contributed by atoms with Gasteiger partial charge >= 0.3 is 5.97 Å². The van der Waals surface area contributed by atoms with Crippen LogP contribution in [0.4, 0.5) is 11.4 Å². The maximum absolute atomic E-state index is 12.9. The first-order valence-corrected chi connectivity index (χ1v) is 10.3. The summed E-state index contributed by atoms with van der Waals surface area (Å²) in [6.07, 6.45) is 0.742. The van der Waals surface area contributed by atoms with Gasteiger partial charge in [0.2, 0.25) is 0 Å². The molecule has 0 bridgehead atoms. The summed E-state index contributed by atoms with van der Waals surface area (Å²) in [4.78, 5) is 25.5. The van der Waals surface area contributed by atoms with E-state index in [0.717, 1.165) is 6.42 Å². The molecule has 1 saturated heterocycles. The van der Waals surface area contributed by atoms with Crippen molar-refractivity contribution in [3.63, 3.8) is 0 Å². The smallest absolute Gasteiger partial charge is 0.340 e. The number of carbonyl (C=O) groups excluding carboxylic acids is 1. The van der Waals surface area contributed by atoms with Gasteiger partial charge in [-0.2, -0.15) is 0 Å². The van der Waals surface area contributed by atoms with E-state index in [2.05, 4.69) is 0 Å². The highest BCUT2D eigenvalue weighted by Crippen LogP contribution is 2.38. The van der Waals surface area contributed by atoms with Crippen molar-refractivity contribution in [2.45, 2.75) is 13.0 Å². The van der Waals surface area contributed by atoms with Crippen LogP contribution in [0, 0.1) is 10.1 Å². The van der Waals surface area contributed by atoms with Crippen LogP contribution >= 0.6 is 11.6 Å². The molecule has 2 aromatic carbocycles. The highest BCUT2D eigenvalue weighted by Gasteiger charge is 2.23. The number of nitrogens with zero attached hydrogens (tertiary/aromatic N) is 2. The molecular formula is C21H21ClN2O7. The number of benzene rings is 2. The van der Waals surface area contributed by atoms with Crippen molar-refractivity contribution in [2.24, 2.45) is 0 Å². The number of morpholine rings is 1. The SMILES string of the molecule is O=C(OCc1cc(Cl)c2c(c1)OCCCO2)c1cc([N+](=O)[O-])ccc1N1CCOCC1. The number of anilines is 1. The molecule has 2 heterocycles. The average molecular weight is 449 g/mol. The molecule has 164 valence electrons. The van der Waals surface area contributed by atoms with Gasteiger partial charge in [-0.15, -0.1) is 0 Å². The minimum atomic E-state index is -0.659. The van der Waals surface area contributed by atoms with Crippen LogP contribution in [-0.2, 0) is 16.1 Å². The second-order valence-electron chi connectivity index (χ2n) is 7.09. The third-order valence-electron chi connectivity index (χ3n) is 4.99. The number of non-ortho nitro benzene ring substituents is 1. The fourth-order valence-corrected chi connectivity index (χ4v) is 3.76. The zero-order chi connectivity index (χ0) is 21.8. The maximum atomic E-state index is 12.9. The summed E-state index contributed by atoms with van der Waals surface area (Å²) in [5, 5.41) is 11.6. The van der Waals surface area contributed by atoms with Gasteiger partial charge in [-0.25, -0.2) is 4.79 Å². The molecule has 9 nitrogen and oxygen atoms in total. The van der Waals surface area contributed by atoms with Crippen molar-refractivity contribution in [1.82, 2.24) is 0 Å². The zero-order valence-corrected chi connectivity index (χ0v) is 17.4. The molecule has 0 radical (unpaired) electrons. The zero-order valence-electron chi connectivity index (χ0n) is 16.7. The van der Waals surface area contributed by atoms with Crippen molar-refractivity contribution in [3.8, 4) is 11.5 Å². The average Bonchev–Trinajstić information content (AvgIpc) is 3.03. The molecule has 0 unspecified atom stereocenters. The molecule has 2 aliphatic rings. The fraction of sp³-hybridized carbons (Fsp3) is 0.381. The Kier molecular flexibility index (Phi) is 6.43. The number of carbonyl (C=O) groups is 1. The third kappa shape index (κ3) is 4.83. The van der Waals surface area contributed by atoms with Crippen LogP contribution in [-0.4, -0.2) is 50.4 Å². The summed E-state index contributed by atoms with van der Waals surface area (Å²) in [6.45, 7) is 3.13. The standard InChI is InChI=1S/C21H21ClN2O7/c22-17-10-14(11-19-20(17)30-7-1-6-29-19)13-31-21(25)16-12-15(24(26)27)2-3-18(16)23-4-8-28-9-5-23/h2-3,10-12H,1,4-9,13H2. The lowest BCUT2D eigenvalue weighted by molar-refractivity contribution is -0.384. The number of ether oxygens (including phenoxy) is 4. The largest absolute Gasteiger partial charge is 0.489 e. The van der Waals surface area contributed by atoms with Crippen LogP contribution in [0.5, 0.6) is 11.5 Å². The van der Waals surface area contributed by atoms with Crippen molar-refractivity contribution >= 4 is 28.9 Å². The summed E-state index contributed by atoms with van der Waals surface area (Å²) in [7, 11) is 0. The molecule has 0 aliphatic carbocycles. The van der Waals surface area contributed by atoms with Gasteiger partial charge in [0, 0.05) is 31.6 Å². The number of fused-ring (bicyclic) bond motifs is 1. The first kappa shape index (κ1) is 21.2. The third-order valence-corrected chi connectivity index (χ3v) is 5.28. The highest BCUT2D eigenvalue weighted by atomic mass is 35.5. The molecule has 0 spiro atoms. The van der Waals surface area contributed by atoms with Crippen LogP contribution in [0.25, 0.3) is 0 Å². The van der Waals surface area contributed by atoms with Crippen LogP contribution in [0.2, 0.25) is 5.02 Å². The molecule has 0 atom stereocenters. The number of hydrogen-bond acceptors (Lipinski definition) is 8. The predicted molar refractivity (Wildman–Crippen MR) is 112 cm³/mol. The Balaban J connectivity index is 1.55. The summed E-state index contributed by atoms with van der Waals surface area (Å²) in [6, 6.07) is 7.57. The van der Waals surface area contributed by atoms with E-state index in [-0.39, 0.29) is 17.9 Å². The molecule has 1 fully saturated rings. The number of rotatable bonds is 5. The molecule has 0 amide bonds. The second kappa shape index (κ2) is 9.40. The minimum absolute atomic E-state index is 0.0690. The van der Waals surface area contributed by atoms with Gasteiger partial charge in [-0.05, 0) is 23.8 Å². The quantitative estimate of drug-likeness (QED) is 0.388. The van der Waals surface area contributed by atoms with E-state index in [0.29, 0.717) is 67.3 Å². The van der Waals surface area contributed by atoms with E-state index in [1.807, 2.05) is 4.90 Å².